The molecule has 102 valence electrons. The summed E-state index contributed by atoms with van der Waals surface area (Å²) in [4.78, 5) is 12.2. The molecule has 0 aliphatic heterocycles. The van der Waals surface area contributed by atoms with Crippen LogP contribution in [0.5, 0.6) is 5.75 Å². The van der Waals surface area contributed by atoms with E-state index in [2.05, 4.69) is 26.4 Å². The highest BCUT2D eigenvalue weighted by Crippen LogP contribution is 2.47. The SMILES string of the molecule is COc1ccc(Br)c(NC(=O)C2(/C(N)=N/O)CC2)c1. The lowest BCUT2D eigenvalue weighted by Gasteiger charge is -2.15. The number of ether oxygens (including phenoxy) is 1. The van der Waals surface area contributed by atoms with Gasteiger partial charge in [0.1, 0.15) is 11.2 Å². The van der Waals surface area contributed by atoms with Gasteiger partial charge in [0.25, 0.3) is 0 Å². The molecule has 7 heteroatoms. The number of nitrogens with zero attached hydrogens (tertiary/aromatic N) is 1. The van der Waals surface area contributed by atoms with E-state index >= 15 is 0 Å². The van der Waals surface area contributed by atoms with Crippen molar-refractivity contribution in [1.82, 2.24) is 0 Å². The van der Waals surface area contributed by atoms with Crippen LogP contribution in [0, 0.1) is 5.41 Å². The van der Waals surface area contributed by atoms with Crippen molar-refractivity contribution in [2.45, 2.75) is 12.8 Å². The molecule has 0 saturated heterocycles. The minimum absolute atomic E-state index is 0.0518. The fraction of sp³-hybridized carbons (Fsp3) is 0.333. The van der Waals surface area contributed by atoms with Crippen molar-refractivity contribution in [2.24, 2.45) is 16.3 Å². The van der Waals surface area contributed by atoms with Gasteiger partial charge in [-0.2, -0.15) is 0 Å². The van der Waals surface area contributed by atoms with E-state index in [0.29, 0.717) is 24.3 Å². The molecule has 0 spiro atoms. The number of nitrogens with one attached hydrogen (secondary N) is 1. The first-order chi connectivity index (χ1) is 9.03. The van der Waals surface area contributed by atoms with Gasteiger partial charge in [0.05, 0.1) is 12.8 Å². The van der Waals surface area contributed by atoms with Gasteiger partial charge >= 0.3 is 0 Å². The van der Waals surface area contributed by atoms with E-state index in [-0.39, 0.29) is 11.7 Å². The molecule has 1 aromatic rings. The molecule has 4 N–H and O–H groups in total. The smallest absolute Gasteiger partial charge is 0.238 e. The number of methoxy groups -OCH3 is 1. The predicted octanol–water partition coefficient (Wildman–Crippen LogP) is 1.92. The Morgan fingerprint density at radius 3 is 2.79 bits per heavy atom. The molecule has 0 atom stereocenters. The highest BCUT2D eigenvalue weighted by molar-refractivity contribution is 9.10. The maximum atomic E-state index is 12.2. The van der Waals surface area contributed by atoms with E-state index in [1.165, 1.54) is 0 Å². The van der Waals surface area contributed by atoms with E-state index in [0.717, 1.165) is 4.47 Å². The third-order valence-electron chi connectivity index (χ3n) is 3.20. The molecule has 6 nitrogen and oxygen atoms in total. The van der Waals surface area contributed by atoms with Gasteiger partial charge in [-0.3, -0.25) is 4.79 Å². The number of benzene rings is 1. The first kappa shape index (κ1) is 13.7. The number of hydrogen-bond acceptors (Lipinski definition) is 4. The summed E-state index contributed by atoms with van der Waals surface area (Å²) in [5, 5.41) is 14.4. The Hall–Kier alpha value is -1.76. The van der Waals surface area contributed by atoms with Gasteiger partial charge in [0.2, 0.25) is 5.91 Å². The van der Waals surface area contributed by atoms with Crippen LogP contribution in [-0.2, 0) is 4.79 Å². The van der Waals surface area contributed by atoms with Crippen LogP contribution in [0.15, 0.2) is 27.8 Å². The molecule has 1 saturated carbocycles. The zero-order valence-corrected chi connectivity index (χ0v) is 11.9. The Kier molecular flexibility index (Phi) is 3.66. The monoisotopic (exact) mass is 327 g/mol. The van der Waals surface area contributed by atoms with Crippen LogP contribution in [-0.4, -0.2) is 24.1 Å². The van der Waals surface area contributed by atoms with Gasteiger partial charge in [-0.15, -0.1) is 0 Å². The van der Waals surface area contributed by atoms with Crippen molar-refractivity contribution in [3.63, 3.8) is 0 Å². The quantitative estimate of drug-likeness (QED) is 0.340. The summed E-state index contributed by atoms with van der Waals surface area (Å²) >= 11 is 3.35. The number of hydrogen-bond donors (Lipinski definition) is 3. The van der Waals surface area contributed by atoms with Crippen LogP contribution in [0.2, 0.25) is 0 Å². The average Bonchev–Trinajstić information content (AvgIpc) is 3.22. The molecular formula is C12H14BrN3O3. The number of halogens is 1. The number of amidine groups is 1. The summed E-state index contributed by atoms with van der Waals surface area (Å²) in [6, 6.07) is 5.25. The van der Waals surface area contributed by atoms with E-state index < -0.39 is 5.41 Å². The van der Waals surface area contributed by atoms with Crippen molar-refractivity contribution < 1.29 is 14.7 Å². The van der Waals surface area contributed by atoms with E-state index in [1.807, 2.05) is 0 Å². The molecule has 2 rings (SSSR count). The number of anilines is 1. The normalized spacial score (nSPS) is 16.8. The number of rotatable bonds is 4. The zero-order valence-electron chi connectivity index (χ0n) is 10.3. The van der Waals surface area contributed by atoms with Crippen LogP contribution < -0.4 is 15.8 Å². The second-order valence-corrected chi connectivity index (χ2v) is 5.22. The summed E-state index contributed by atoms with van der Waals surface area (Å²) in [6.07, 6.45) is 1.16. The van der Waals surface area contributed by atoms with Crippen molar-refractivity contribution in [2.75, 3.05) is 12.4 Å². The Labute approximate surface area is 118 Å². The summed E-state index contributed by atoms with van der Waals surface area (Å²) < 4.78 is 5.83. The Morgan fingerprint density at radius 2 is 2.26 bits per heavy atom. The molecule has 0 heterocycles. The van der Waals surface area contributed by atoms with Gasteiger partial charge in [0, 0.05) is 10.5 Å². The predicted molar refractivity (Wildman–Crippen MR) is 74.4 cm³/mol. The van der Waals surface area contributed by atoms with Crippen molar-refractivity contribution in [3.05, 3.63) is 22.7 Å². The number of oxime groups is 1. The van der Waals surface area contributed by atoms with E-state index in [4.69, 9.17) is 15.7 Å². The van der Waals surface area contributed by atoms with Crippen LogP contribution in [0.25, 0.3) is 0 Å². The summed E-state index contributed by atoms with van der Waals surface area (Å²) in [6.45, 7) is 0. The standard InChI is InChI=1S/C12H14BrN3O3/c1-19-7-2-3-8(13)9(6-7)15-11(17)12(4-5-12)10(14)16-18/h2-3,6,18H,4-5H2,1H3,(H2,14,16)(H,15,17). The maximum Gasteiger partial charge on any atom is 0.238 e. The highest BCUT2D eigenvalue weighted by Gasteiger charge is 2.54. The summed E-state index contributed by atoms with van der Waals surface area (Å²) in [7, 11) is 1.55. The number of carbonyl (C=O) groups excluding carboxylic acids is 1. The van der Waals surface area contributed by atoms with Gasteiger partial charge in [-0.1, -0.05) is 5.16 Å². The van der Waals surface area contributed by atoms with Crippen LogP contribution >= 0.6 is 15.9 Å². The molecule has 0 radical (unpaired) electrons. The Morgan fingerprint density at radius 1 is 1.58 bits per heavy atom. The van der Waals surface area contributed by atoms with E-state index in [1.54, 1.807) is 25.3 Å². The van der Waals surface area contributed by atoms with Gasteiger partial charge in [-0.05, 0) is 40.9 Å². The number of amides is 1. The largest absolute Gasteiger partial charge is 0.497 e. The molecule has 19 heavy (non-hydrogen) atoms. The average molecular weight is 328 g/mol. The van der Waals surface area contributed by atoms with Crippen molar-refractivity contribution in [3.8, 4) is 5.75 Å². The first-order valence-corrected chi connectivity index (χ1v) is 6.46. The third-order valence-corrected chi connectivity index (χ3v) is 3.90. The number of nitrogens with two attached hydrogens (primary N) is 1. The maximum absolute atomic E-state index is 12.2. The van der Waals surface area contributed by atoms with Crippen LogP contribution in [0.3, 0.4) is 0 Å². The first-order valence-electron chi connectivity index (χ1n) is 5.66. The minimum atomic E-state index is -0.878. The molecule has 0 bridgehead atoms. The Bertz CT molecular complexity index is 541. The minimum Gasteiger partial charge on any atom is -0.497 e. The van der Waals surface area contributed by atoms with E-state index in [9.17, 15) is 4.79 Å². The third kappa shape index (κ3) is 2.51. The van der Waals surface area contributed by atoms with Gasteiger partial charge in [-0.25, -0.2) is 0 Å². The molecule has 1 aliphatic carbocycles. The molecule has 0 unspecified atom stereocenters. The summed E-state index contributed by atoms with van der Waals surface area (Å²) in [5.41, 5.74) is 5.27. The second kappa shape index (κ2) is 5.08. The lowest BCUT2D eigenvalue weighted by atomic mass is 10.1. The van der Waals surface area contributed by atoms with Gasteiger partial charge < -0.3 is 21.0 Å². The lowest BCUT2D eigenvalue weighted by molar-refractivity contribution is -0.119. The van der Waals surface area contributed by atoms with Crippen LogP contribution in [0.4, 0.5) is 5.69 Å². The fourth-order valence-corrected chi connectivity index (χ4v) is 2.14. The van der Waals surface area contributed by atoms with Crippen LogP contribution in [0.1, 0.15) is 12.8 Å². The fourth-order valence-electron chi connectivity index (χ4n) is 1.79. The summed E-state index contributed by atoms with van der Waals surface area (Å²) in [5.74, 6) is 0.299. The number of carbonyl (C=O) groups is 1. The second-order valence-electron chi connectivity index (χ2n) is 4.37. The van der Waals surface area contributed by atoms with Gasteiger partial charge in [0.15, 0.2) is 5.84 Å². The highest BCUT2D eigenvalue weighted by atomic mass is 79.9. The molecule has 0 aromatic heterocycles. The molecule has 1 amide bonds. The van der Waals surface area contributed by atoms with Crippen molar-refractivity contribution >= 4 is 33.4 Å². The Balaban J connectivity index is 2.20. The molecular weight excluding hydrogens is 314 g/mol. The lowest BCUT2D eigenvalue weighted by Crippen LogP contribution is -2.36. The zero-order chi connectivity index (χ0) is 14.0. The molecule has 1 aliphatic rings. The molecule has 1 aromatic carbocycles. The topological polar surface area (TPSA) is 96.9 Å². The van der Waals surface area contributed by atoms with Crippen molar-refractivity contribution in [1.29, 1.82) is 0 Å². The molecule has 1 fully saturated rings.